The van der Waals surface area contributed by atoms with Gasteiger partial charge in [-0.1, -0.05) is 29.5 Å². The van der Waals surface area contributed by atoms with Crippen molar-refractivity contribution in [2.45, 2.75) is 6.54 Å². The van der Waals surface area contributed by atoms with Gasteiger partial charge in [0.15, 0.2) is 6.54 Å². The molecule has 0 N–H and O–H groups in total. The van der Waals surface area contributed by atoms with Crippen LogP contribution in [0.1, 0.15) is 5.56 Å². The highest BCUT2D eigenvalue weighted by Gasteiger charge is 2.33. The van der Waals surface area contributed by atoms with E-state index in [1.54, 1.807) is 0 Å². The van der Waals surface area contributed by atoms with Gasteiger partial charge in [-0.15, -0.1) is 0 Å². The van der Waals surface area contributed by atoms with Crippen molar-refractivity contribution in [3.05, 3.63) is 54.5 Å². The molecule has 4 heteroatoms. The first-order valence-electron chi connectivity index (χ1n) is 6.28. The van der Waals surface area contributed by atoms with E-state index in [1.807, 2.05) is 23.6 Å². The first kappa shape index (κ1) is 9.69. The summed E-state index contributed by atoms with van der Waals surface area (Å²) in [5.41, 5.74) is 5.09. The molecule has 0 unspecified atom stereocenters. The highest BCUT2D eigenvalue weighted by atomic mass is 32.1. The maximum atomic E-state index is 4.53. The summed E-state index contributed by atoms with van der Waals surface area (Å²) >= 11 is 1.86. The van der Waals surface area contributed by atoms with Gasteiger partial charge in [-0.05, 0) is 12.1 Å². The van der Waals surface area contributed by atoms with Crippen LogP contribution in [-0.4, -0.2) is 9.38 Å². The summed E-state index contributed by atoms with van der Waals surface area (Å²) in [5, 5.41) is 1.36. The minimum atomic E-state index is 0.960. The molecule has 0 spiro atoms. The average molecular weight is 264 g/mol. The Balaban J connectivity index is 1.94. The summed E-state index contributed by atoms with van der Waals surface area (Å²) in [5.74, 6) is 0. The zero-order chi connectivity index (χ0) is 12.4. The molecular weight excluding hydrogens is 254 g/mol. The van der Waals surface area contributed by atoms with Crippen LogP contribution in [0.2, 0.25) is 0 Å². The fourth-order valence-corrected chi connectivity index (χ4v) is 4.19. The zero-order valence-electron chi connectivity index (χ0n) is 10.1. The first-order chi connectivity index (χ1) is 9.42. The monoisotopic (exact) mass is 264 g/mol. The topological polar surface area (TPSA) is 21.2 Å². The quantitative estimate of drug-likeness (QED) is 0.394. The molecule has 0 saturated carbocycles. The third-order valence-electron chi connectivity index (χ3n) is 3.77. The van der Waals surface area contributed by atoms with E-state index in [9.17, 15) is 0 Å². The molecule has 4 heterocycles. The Bertz CT molecular complexity index is 949. The summed E-state index contributed by atoms with van der Waals surface area (Å²) in [6.07, 6.45) is 6.10. The van der Waals surface area contributed by atoms with Crippen LogP contribution in [0.5, 0.6) is 0 Å². The molecule has 1 aliphatic rings. The van der Waals surface area contributed by atoms with E-state index >= 15 is 0 Å². The van der Waals surface area contributed by atoms with Gasteiger partial charge in [0.05, 0.1) is 5.56 Å². The first-order valence-corrected chi connectivity index (χ1v) is 7.10. The van der Waals surface area contributed by atoms with E-state index in [4.69, 9.17) is 0 Å². The number of hydrogen-bond acceptors (Lipinski definition) is 2. The van der Waals surface area contributed by atoms with Crippen LogP contribution in [0.4, 0.5) is 0 Å². The second kappa shape index (κ2) is 3.22. The standard InChI is InChI=1S/C15H10N3S/c1-2-5-11-10(4-1)8-18-13-12(19-15(11)18)9-17-7-3-6-16-14(13)17/h1-7,9H,8H2/q+1. The molecule has 1 aliphatic heterocycles. The third-order valence-corrected chi connectivity index (χ3v) is 4.93. The van der Waals surface area contributed by atoms with E-state index in [0.717, 1.165) is 12.2 Å². The van der Waals surface area contributed by atoms with Crippen molar-refractivity contribution >= 4 is 27.2 Å². The van der Waals surface area contributed by atoms with Gasteiger partial charge in [0.2, 0.25) is 5.65 Å². The van der Waals surface area contributed by atoms with Crippen molar-refractivity contribution in [3.8, 4) is 10.6 Å². The lowest BCUT2D eigenvalue weighted by molar-refractivity contribution is -0.641. The fraction of sp³-hybridized carbons (Fsp3) is 0.0667. The highest BCUT2D eigenvalue weighted by molar-refractivity contribution is 7.21. The van der Waals surface area contributed by atoms with Crippen LogP contribution < -0.4 is 4.57 Å². The maximum Gasteiger partial charge on any atom is 0.271 e. The Morgan fingerprint density at radius 1 is 1.21 bits per heavy atom. The number of nitrogens with zero attached hydrogens (tertiary/aromatic N) is 3. The van der Waals surface area contributed by atoms with Gasteiger partial charge in [0.1, 0.15) is 4.70 Å². The summed E-state index contributed by atoms with van der Waals surface area (Å²) in [6.45, 7) is 0.960. The number of hydrogen-bond donors (Lipinski definition) is 0. The molecule has 5 rings (SSSR count). The molecule has 19 heavy (non-hydrogen) atoms. The molecule has 0 atom stereocenters. The summed E-state index contributed by atoms with van der Waals surface area (Å²) < 4.78 is 5.81. The summed E-state index contributed by atoms with van der Waals surface area (Å²) in [7, 11) is 0. The van der Waals surface area contributed by atoms with Crippen LogP contribution in [0.25, 0.3) is 26.4 Å². The van der Waals surface area contributed by atoms with Crippen molar-refractivity contribution < 1.29 is 4.57 Å². The van der Waals surface area contributed by atoms with Crippen molar-refractivity contribution in [3.63, 3.8) is 0 Å². The molecule has 0 bridgehead atoms. The Morgan fingerprint density at radius 2 is 2.16 bits per heavy atom. The van der Waals surface area contributed by atoms with Gasteiger partial charge in [-0.25, -0.2) is 4.98 Å². The highest BCUT2D eigenvalue weighted by Crippen LogP contribution is 2.36. The number of aromatic nitrogens is 3. The number of rotatable bonds is 0. The van der Waals surface area contributed by atoms with Crippen LogP contribution >= 0.6 is 11.3 Å². The van der Waals surface area contributed by atoms with E-state index in [-0.39, 0.29) is 0 Å². The Labute approximate surface area is 113 Å². The zero-order valence-corrected chi connectivity index (χ0v) is 10.9. The van der Waals surface area contributed by atoms with Gasteiger partial charge in [-0.3, -0.25) is 0 Å². The van der Waals surface area contributed by atoms with E-state index in [1.165, 1.54) is 26.4 Å². The third kappa shape index (κ3) is 1.12. The SMILES string of the molecule is c1ccc2c(c1)C[n+]1c-2sc2cn3cccnc3c21. The van der Waals surface area contributed by atoms with Crippen LogP contribution in [0, 0.1) is 0 Å². The lowest BCUT2D eigenvalue weighted by atomic mass is 10.1. The lowest BCUT2D eigenvalue weighted by Crippen LogP contribution is -2.30. The molecule has 4 aromatic rings. The minimum absolute atomic E-state index is 0.960. The molecule has 90 valence electrons. The van der Waals surface area contributed by atoms with E-state index in [0.29, 0.717) is 0 Å². The second-order valence-electron chi connectivity index (χ2n) is 4.84. The Hall–Kier alpha value is -2.20. The Morgan fingerprint density at radius 3 is 3.16 bits per heavy atom. The van der Waals surface area contributed by atoms with E-state index in [2.05, 4.69) is 50.6 Å². The largest absolute Gasteiger partial charge is 0.301 e. The van der Waals surface area contributed by atoms with Gasteiger partial charge < -0.3 is 4.40 Å². The predicted molar refractivity (Wildman–Crippen MR) is 75.3 cm³/mol. The average Bonchev–Trinajstić information content (AvgIpc) is 3.05. The Kier molecular flexibility index (Phi) is 1.64. The van der Waals surface area contributed by atoms with Crippen LogP contribution in [0.15, 0.2) is 48.9 Å². The maximum absolute atomic E-state index is 4.53. The van der Waals surface area contributed by atoms with Crippen molar-refractivity contribution in [2.24, 2.45) is 0 Å². The van der Waals surface area contributed by atoms with E-state index < -0.39 is 0 Å². The van der Waals surface area contributed by atoms with Gasteiger partial charge >= 0.3 is 0 Å². The fourth-order valence-electron chi connectivity index (χ4n) is 2.94. The molecule has 3 aromatic heterocycles. The molecule has 0 radical (unpaired) electrons. The van der Waals surface area contributed by atoms with Crippen LogP contribution in [-0.2, 0) is 6.54 Å². The van der Waals surface area contributed by atoms with Gasteiger partial charge in [0.25, 0.3) is 10.5 Å². The normalized spacial score (nSPS) is 13.1. The molecule has 0 amide bonds. The molecule has 0 aliphatic carbocycles. The minimum Gasteiger partial charge on any atom is -0.301 e. The molecule has 0 saturated heterocycles. The number of benzene rings is 1. The van der Waals surface area contributed by atoms with Crippen molar-refractivity contribution in [2.75, 3.05) is 0 Å². The summed E-state index contributed by atoms with van der Waals surface area (Å²) in [4.78, 5) is 4.53. The van der Waals surface area contributed by atoms with Crippen LogP contribution in [0.3, 0.4) is 0 Å². The summed E-state index contributed by atoms with van der Waals surface area (Å²) in [6, 6.07) is 10.6. The molecule has 0 fully saturated rings. The van der Waals surface area contributed by atoms with Crippen molar-refractivity contribution in [1.82, 2.24) is 9.38 Å². The predicted octanol–water partition coefficient (Wildman–Crippen LogP) is 2.87. The van der Waals surface area contributed by atoms with Crippen molar-refractivity contribution in [1.29, 1.82) is 0 Å². The lowest BCUT2D eigenvalue weighted by Gasteiger charge is -1.90. The molecular formula is C15H10N3S+. The molecule has 1 aromatic carbocycles. The van der Waals surface area contributed by atoms with Gasteiger partial charge in [-0.2, -0.15) is 4.57 Å². The second-order valence-corrected chi connectivity index (χ2v) is 5.87. The number of fused-ring (bicyclic) bond motifs is 7. The van der Waals surface area contributed by atoms with Gasteiger partial charge in [0, 0.05) is 24.2 Å². The molecule has 3 nitrogen and oxygen atoms in total. The smallest absolute Gasteiger partial charge is 0.271 e. The number of thiazole rings is 1.